The van der Waals surface area contributed by atoms with Crippen LogP contribution < -0.4 is 15.4 Å². The molecule has 1 aromatic carbocycles. The zero-order chi connectivity index (χ0) is 20.0. The molecule has 0 aliphatic heterocycles. The maximum atomic E-state index is 12.4. The number of para-hydroxylation sites is 1. The molecule has 2 rings (SSSR count). The lowest BCUT2D eigenvalue weighted by Crippen LogP contribution is -2.43. The van der Waals surface area contributed by atoms with Crippen LogP contribution in [-0.2, 0) is 19.6 Å². The second kappa shape index (κ2) is 8.64. The van der Waals surface area contributed by atoms with E-state index in [0.29, 0.717) is 0 Å². The van der Waals surface area contributed by atoms with E-state index in [-0.39, 0.29) is 15.5 Å². The molecule has 11 heteroatoms. The quantitative estimate of drug-likeness (QED) is 0.618. The number of benzene rings is 1. The summed E-state index contributed by atoms with van der Waals surface area (Å²) in [6.07, 6.45) is -1.27. The first kappa shape index (κ1) is 20.4. The SMILES string of the molecule is CNC(=O)NC(=O)C(C)OC(=O)c1ccccc1NS(=O)(=O)c1cccs1. The molecule has 9 nitrogen and oxygen atoms in total. The second-order valence-corrected chi connectivity index (χ2v) is 8.06. The van der Waals surface area contributed by atoms with E-state index in [1.807, 2.05) is 5.32 Å². The standard InChI is InChI=1S/C16H17N3O6S2/c1-10(14(20)18-16(22)17-2)25-15(21)11-6-3-4-7-12(11)19-27(23,24)13-8-5-9-26-13/h3-10,19H,1-2H3,(H2,17,18,20,22). The number of carbonyl (C=O) groups excluding carboxylic acids is 3. The molecule has 0 saturated carbocycles. The zero-order valence-electron chi connectivity index (χ0n) is 14.4. The minimum atomic E-state index is -3.86. The van der Waals surface area contributed by atoms with Crippen LogP contribution in [0.5, 0.6) is 0 Å². The molecule has 144 valence electrons. The van der Waals surface area contributed by atoms with E-state index in [2.05, 4.69) is 10.0 Å². The highest BCUT2D eigenvalue weighted by molar-refractivity contribution is 7.94. The van der Waals surface area contributed by atoms with Crippen molar-refractivity contribution in [3.8, 4) is 0 Å². The molecule has 0 aliphatic rings. The smallest absolute Gasteiger partial charge is 0.341 e. The number of nitrogens with one attached hydrogen (secondary N) is 3. The average Bonchev–Trinajstić information content (AvgIpc) is 3.17. The lowest BCUT2D eigenvalue weighted by atomic mass is 10.2. The third-order valence-corrected chi connectivity index (χ3v) is 6.03. The van der Waals surface area contributed by atoms with Gasteiger partial charge in [-0.3, -0.25) is 14.8 Å². The number of rotatable bonds is 6. The van der Waals surface area contributed by atoms with Gasteiger partial charge in [-0.05, 0) is 30.5 Å². The summed E-state index contributed by atoms with van der Waals surface area (Å²) >= 11 is 1.03. The van der Waals surface area contributed by atoms with Crippen LogP contribution >= 0.6 is 11.3 Å². The molecule has 1 heterocycles. The highest BCUT2D eigenvalue weighted by atomic mass is 32.2. The molecule has 0 aliphatic carbocycles. The Bertz CT molecular complexity index is 941. The van der Waals surface area contributed by atoms with Gasteiger partial charge in [-0.1, -0.05) is 18.2 Å². The van der Waals surface area contributed by atoms with E-state index in [1.54, 1.807) is 17.5 Å². The number of sulfonamides is 1. The summed E-state index contributed by atoms with van der Waals surface area (Å²) in [4.78, 5) is 35.3. The van der Waals surface area contributed by atoms with Gasteiger partial charge in [-0.25, -0.2) is 18.0 Å². The van der Waals surface area contributed by atoms with Crippen LogP contribution in [0.4, 0.5) is 10.5 Å². The number of hydrogen-bond acceptors (Lipinski definition) is 7. The summed E-state index contributed by atoms with van der Waals surface area (Å²) in [5, 5.41) is 5.79. The van der Waals surface area contributed by atoms with Crippen molar-refractivity contribution in [2.75, 3.05) is 11.8 Å². The van der Waals surface area contributed by atoms with Crippen molar-refractivity contribution >= 4 is 45.0 Å². The molecule has 0 bridgehead atoms. The predicted molar refractivity (Wildman–Crippen MR) is 99.0 cm³/mol. The van der Waals surface area contributed by atoms with Crippen molar-refractivity contribution in [3.05, 3.63) is 47.3 Å². The average molecular weight is 411 g/mol. The van der Waals surface area contributed by atoms with Gasteiger partial charge in [0.15, 0.2) is 6.10 Å². The maximum absolute atomic E-state index is 12.4. The summed E-state index contributed by atoms with van der Waals surface area (Å²) in [7, 11) is -2.53. The molecule has 1 unspecified atom stereocenters. The Labute approximate surface area is 159 Å². The highest BCUT2D eigenvalue weighted by Gasteiger charge is 2.24. The van der Waals surface area contributed by atoms with Crippen LogP contribution in [0.15, 0.2) is 46.0 Å². The van der Waals surface area contributed by atoms with E-state index in [4.69, 9.17) is 4.74 Å². The van der Waals surface area contributed by atoms with Gasteiger partial charge >= 0.3 is 12.0 Å². The van der Waals surface area contributed by atoms with Crippen molar-refractivity contribution in [3.63, 3.8) is 0 Å². The van der Waals surface area contributed by atoms with E-state index in [9.17, 15) is 22.8 Å². The number of anilines is 1. The van der Waals surface area contributed by atoms with Crippen molar-refractivity contribution in [1.29, 1.82) is 0 Å². The van der Waals surface area contributed by atoms with E-state index >= 15 is 0 Å². The van der Waals surface area contributed by atoms with Crippen LogP contribution in [0.1, 0.15) is 17.3 Å². The number of esters is 1. The van der Waals surface area contributed by atoms with Crippen molar-refractivity contribution in [2.24, 2.45) is 0 Å². The topological polar surface area (TPSA) is 131 Å². The van der Waals surface area contributed by atoms with Gasteiger partial charge in [0.05, 0.1) is 11.3 Å². The minimum absolute atomic E-state index is 0.00908. The van der Waals surface area contributed by atoms with Gasteiger partial charge in [0.2, 0.25) is 0 Å². The number of imide groups is 1. The Morgan fingerprint density at radius 3 is 2.44 bits per heavy atom. The first-order valence-corrected chi connectivity index (χ1v) is 10.00. The lowest BCUT2D eigenvalue weighted by molar-refractivity contribution is -0.127. The molecular weight excluding hydrogens is 394 g/mol. The lowest BCUT2D eigenvalue weighted by Gasteiger charge is -2.15. The Hall–Kier alpha value is -2.92. The predicted octanol–water partition coefficient (Wildman–Crippen LogP) is 1.55. The van der Waals surface area contributed by atoms with Crippen LogP contribution in [0.3, 0.4) is 0 Å². The summed E-state index contributed by atoms with van der Waals surface area (Å²) < 4.78 is 32.2. The van der Waals surface area contributed by atoms with Crippen LogP contribution in [-0.4, -0.2) is 39.5 Å². The normalized spacial score (nSPS) is 11.9. The number of amides is 3. The molecule has 1 atom stereocenters. The molecular formula is C16H17N3O6S2. The molecule has 0 radical (unpaired) electrons. The number of thiophene rings is 1. The fourth-order valence-electron chi connectivity index (χ4n) is 1.92. The van der Waals surface area contributed by atoms with Gasteiger partial charge in [0.25, 0.3) is 15.9 Å². The van der Waals surface area contributed by atoms with Gasteiger partial charge in [0.1, 0.15) is 4.21 Å². The molecule has 1 aromatic heterocycles. The van der Waals surface area contributed by atoms with Crippen molar-refractivity contribution in [1.82, 2.24) is 10.6 Å². The first-order chi connectivity index (χ1) is 12.7. The molecule has 3 amide bonds. The number of urea groups is 1. The van der Waals surface area contributed by atoms with Crippen molar-refractivity contribution < 1.29 is 27.5 Å². The van der Waals surface area contributed by atoms with E-state index in [1.165, 1.54) is 38.2 Å². The van der Waals surface area contributed by atoms with Crippen molar-refractivity contribution in [2.45, 2.75) is 17.2 Å². The summed E-state index contributed by atoms with van der Waals surface area (Å²) in [6.45, 7) is 1.29. The number of hydrogen-bond donors (Lipinski definition) is 3. The fraction of sp³-hybridized carbons (Fsp3) is 0.188. The Morgan fingerprint density at radius 2 is 1.81 bits per heavy atom. The number of carbonyl (C=O) groups is 3. The summed E-state index contributed by atoms with van der Waals surface area (Å²) in [5.74, 6) is -1.74. The third kappa shape index (κ3) is 5.28. The summed E-state index contributed by atoms with van der Waals surface area (Å²) in [5.41, 5.74) is -0.0629. The van der Waals surface area contributed by atoms with Crippen LogP contribution in [0.25, 0.3) is 0 Å². The fourth-order valence-corrected chi connectivity index (χ4v) is 3.99. The minimum Gasteiger partial charge on any atom is -0.449 e. The Morgan fingerprint density at radius 1 is 1.11 bits per heavy atom. The summed E-state index contributed by atoms with van der Waals surface area (Å²) in [6, 6.07) is 8.10. The molecule has 2 aromatic rings. The Balaban J connectivity index is 2.16. The molecule has 3 N–H and O–H groups in total. The molecule has 0 spiro atoms. The van der Waals surface area contributed by atoms with Gasteiger partial charge in [0, 0.05) is 7.05 Å². The maximum Gasteiger partial charge on any atom is 0.341 e. The zero-order valence-corrected chi connectivity index (χ0v) is 16.0. The van der Waals surface area contributed by atoms with E-state index < -0.39 is 34.0 Å². The highest BCUT2D eigenvalue weighted by Crippen LogP contribution is 2.23. The Kier molecular flexibility index (Phi) is 6.53. The third-order valence-electron chi connectivity index (χ3n) is 3.27. The number of ether oxygens (including phenoxy) is 1. The second-order valence-electron chi connectivity index (χ2n) is 5.20. The first-order valence-electron chi connectivity index (χ1n) is 7.63. The monoisotopic (exact) mass is 411 g/mol. The van der Waals surface area contributed by atoms with Gasteiger partial charge in [-0.2, -0.15) is 0 Å². The molecule has 27 heavy (non-hydrogen) atoms. The van der Waals surface area contributed by atoms with Crippen LogP contribution in [0.2, 0.25) is 0 Å². The van der Waals surface area contributed by atoms with Gasteiger partial charge in [-0.15, -0.1) is 11.3 Å². The van der Waals surface area contributed by atoms with Gasteiger partial charge < -0.3 is 10.1 Å². The molecule has 0 fully saturated rings. The van der Waals surface area contributed by atoms with E-state index in [0.717, 1.165) is 11.3 Å². The van der Waals surface area contributed by atoms with Crippen LogP contribution in [0, 0.1) is 0 Å². The largest absolute Gasteiger partial charge is 0.449 e. The molecule has 0 saturated heterocycles.